The number of para-hydroxylation sites is 1. The van der Waals surface area contributed by atoms with Gasteiger partial charge in [0.2, 0.25) is 5.91 Å². The molecule has 0 unspecified atom stereocenters. The van der Waals surface area contributed by atoms with Crippen molar-refractivity contribution in [1.29, 1.82) is 0 Å². The summed E-state index contributed by atoms with van der Waals surface area (Å²) in [5.41, 5.74) is 0.835. The summed E-state index contributed by atoms with van der Waals surface area (Å²) in [5, 5.41) is 2.79. The molecule has 14 heavy (non-hydrogen) atoms. The highest BCUT2D eigenvalue weighted by Gasteiger charge is 1.99. The van der Waals surface area contributed by atoms with Crippen LogP contribution in [0.25, 0.3) is 0 Å². The summed E-state index contributed by atoms with van der Waals surface area (Å²) in [7, 11) is 0. The van der Waals surface area contributed by atoms with Crippen LogP contribution in [-0.4, -0.2) is 5.91 Å². The molecule has 2 nitrogen and oxygen atoms in total. The van der Waals surface area contributed by atoms with Gasteiger partial charge in [-0.2, -0.15) is 0 Å². The standard InChI is InChI=1S/C12H13NO/c1-2-3-5-10-12(14)13-11-8-6-4-7-9-11/h4,6-9H,5,10H2,1H3,(H,13,14). The minimum atomic E-state index is 0.0129. The average molecular weight is 187 g/mol. The van der Waals surface area contributed by atoms with Gasteiger partial charge >= 0.3 is 0 Å². The molecular weight excluding hydrogens is 174 g/mol. The van der Waals surface area contributed by atoms with E-state index >= 15 is 0 Å². The van der Waals surface area contributed by atoms with E-state index in [-0.39, 0.29) is 5.91 Å². The Balaban J connectivity index is 2.37. The van der Waals surface area contributed by atoms with Crippen LogP contribution < -0.4 is 5.32 Å². The van der Waals surface area contributed by atoms with Crippen molar-refractivity contribution in [2.45, 2.75) is 19.8 Å². The second-order valence-electron chi connectivity index (χ2n) is 2.84. The Kier molecular flexibility index (Phi) is 4.30. The van der Waals surface area contributed by atoms with Crippen LogP contribution in [0, 0.1) is 11.8 Å². The van der Waals surface area contributed by atoms with E-state index < -0.39 is 0 Å². The van der Waals surface area contributed by atoms with E-state index in [1.54, 1.807) is 6.92 Å². The van der Waals surface area contributed by atoms with Crippen LogP contribution in [0.2, 0.25) is 0 Å². The lowest BCUT2D eigenvalue weighted by Crippen LogP contribution is -2.10. The number of benzene rings is 1. The van der Waals surface area contributed by atoms with Gasteiger partial charge in [0, 0.05) is 18.5 Å². The van der Waals surface area contributed by atoms with Gasteiger partial charge in [-0.25, -0.2) is 0 Å². The second-order valence-corrected chi connectivity index (χ2v) is 2.84. The van der Waals surface area contributed by atoms with Crippen LogP contribution in [0.3, 0.4) is 0 Å². The average Bonchev–Trinajstić information content (AvgIpc) is 2.20. The first kappa shape index (κ1) is 10.3. The molecule has 1 aromatic carbocycles. The molecule has 0 bridgehead atoms. The minimum absolute atomic E-state index is 0.0129. The van der Waals surface area contributed by atoms with Crippen LogP contribution >= 0.6 is 0 Å². The molecular formula is C12H13NO. The van der Waals surface area contributed by atoms with Crippen molar-refractivity contribution in [3.63, 3.8) is 0 Å². The van der Waals surface area contributed by atoms with Crippen molar-refractivity contribution in [3.8, 4) is 11.8 Å². The van der Waals surface area contributed by atoms with Crippen molar-refractivity contribution in [3.05, 3.63) is 30.3 Å². The molecule has 0 aliphatic carbocycles. The molecule has 1 aromatic rings. The van der Waals surface area contributed by atoms with Crippen LogP contribution in [-0.2, 0) is 4.79 Å². The Morgan fingerprint density at radius 2 is 2.07 bits per heavy atom. The molecule has 1 amide bonds. The largest absolute Gasteiger partial charge is 0.326 e. The number of anilines is 1. The lowest BCUT2D eigenvalue weighted by molar-refractivity contribution is -0.116. The molecule has 0 fully saturated rings. The SMILES string of the molecule is CC#CCCC(=O)Nc1ccccc1. The molecule has 0 aromatic heterocycles. The maximum atomic E-state index is 11.3. The molecule has 0 heterocycles. The summed E-state index contributed by atoms with van der Waals surface area (Å²) < 4.78 is 0. The molecule has 1 rings (SSSR count). The van der Waals surface area contributed by atoms with E-state index in [1.165, 1.54) is 0 Å². The van der Waals surface area contributed by atoms with Gasteiger partial charge in [-0.05, 0) is 19.1 Å². The van der Waals surface area contributed by atoms with Gasteiger partial charge in [0.25, 0.3) is 0 Å². The van der Waals surface area contributed by atoms with Gasteiger partial charge in [-0.1, -0.05) is 18.2 Å². The molecule has 0 saturated carbocycles. The zero-order valence-electron chi connectivity index (χ0n) is 8.21. The molecule has 0 radical (unpaired) electrons. The fourth-order valence-electron chi connectivity index (χ4n) is 1.05. The Bertz CT molecular complexity index is 346. The fourth-order valence-corrected chi connectivity index (χ4v) is 1.05. The second kappa shape index (κ2) is 5.82. The van der Waals surface area contributed by atoms with Gasteiger partial charge in [-0.3, -0.25) is 4.79 Å². The maximum absolute atomic E-state index is 11.3. The highest BCUT2D eigenvalue weighted by Crippen LogP contribution is 2.05. The van der Waals surface area contributed by atoms with E-state index in [2.05, 4.69) is 17.2 Å². The molecule has 0 aliphatic heterocycles. The van der Waals surface area contributed by atoms with Gasteiger partial charge in [0.1, 0.15) is 0 Å². The van der Waals surface area contributed by atoms with Crippen molar-refractivity contribution in [2.75, 3.05) is 5.32 Å². The van der Waals surface area contributed by atoms with Gasteiger partial charge in [0.05, 0.1) is 0 Å². The number of carbonyl (C=O) groups is 1. The maximum Gasteiger partial charge on any atom is 0.225 e. The van der Waals surface area contributed by atoms with Crippen LogP contribution in [0.4, 0.5) is 5.69 Å². The van der Waals surface area contributed by atoms with Gasteiger partial charge in [-0.15, -0.1) is 11.8 Å². The van der Waals surface area contributed by atoms with Crippen molar-refractivity contribution in [2.24, 2.45) is 0 Å². The molecule has 0 atom stereocenters. The van der Waals surface area contributed by atoms with Crippen LogP contribution in [0.1, 0.15) is 19.8 Å². The number of carbonyl (C=O) groups excluding carboxylic acids is 1. The fraction of sp³-hybridized carbons (Fsp3) is 0.250. The zero-order valence-corrected chi connectivity index (χ0v) is 8.21. The Hall–Kier alpha value is -1.75. The lowest BCUT2D eigenvalue weighted by Gasteiger charge is -2.02. The Morgan fingerprint density at radius 1 is 1.36 bits per heavy atom. The third-order valence-corrected chi connectivity index (χ3v) is 1.71. The van der Waals surface area contributed by atoms with E-state index in [1.807, 2.05) is 30.3 Å². The minimum Gasteiger partial charge on any atom is -0.326 e. The van der Waals surface area contributed by atoms with Gasteiger partial charge in [0.15, 0.2) is 0 Å². The van der Waals surface area contributed by atoms with Crippen molar-refractivity contribution < 1.29 is 4.79 Å². The first-order valence-electron chi connectivity index (χ1n) is 4.57. The number of hydrogen-bond donors (Lipinski definition) is 1. The number of nitrogens with one attached hydrogen (secondary N) is 1. The lowest BCUT2D eigenvalue weighted by atomic mass is 10.2. The molecule has 2 heteroatoms. The first-order chi connectivity index (χ1) is 6.83. The first-order valence-corrected chi connectivity index (χ1v) is 4.57. The number of rotatable bonds is 3. The van der Waals surface area contributed by atoms with Crippen molar-refractivity contribution in [1.82, 2.24) is 0 Å². The topological polar surface area (TPSA) is 29.1 Å². The van der Waals surface area contributed by atoms with Crippen LogP contribution in [0.5, 0.6) is 0 Å². The summed E-state index contributed by atoms with van der Waals surface area (Å²) in [6.45, 7) is 1.77. The summed E-state index contributed by atoms with van der Waals surface area (Å²) in [4.78, 5) is 11.3. The number of amides is 1. The Labute approximate surface area is 84.3 Å². The Morgan fingerprint density at radius 3 is 2.71 bits per heavy atom. The van der Waals surface area contributed by atoms with E-state index in [0.717, 1.165) is 5.69 Å². The number of hydrogen-bond acceptors (Lipinski definition) is 1. The molecule has 0 spiro atoms. The van der Waals surface area contributed by atoms with Crippen molar-refractivity contribution >= 4 is 11.6 Å². The monoisotopic (exact) mass is 187 g/mol. The highest BCUT2D eigenvalue weighted by molar-refractivity contribution is 5.90. The molecule has 0 saturated heterocycles. The van der Waals surface area contributed by atoms with E-state index in [0.29, 0.717) is 12.8 Å². The third kappa shape index (κ3) is 3.77. The van der Waals surface area contributed by atoms with Gasteiger partial charge < -0.3 is 5.32 Å². The van der Waals surface area contributed by atoms with Crippen LogP contribution in [0.15, 0.2) is 30.3 Å². The summed E-state index contributed by atoms with van der Waals surface area (Å²) >= 11 is 0. The van der Waals surface area contributed by atoms with E-state index in [4.69, 9.17) is 0 Å². The summed E-state index contributed by atoms with van der Waals surface area (Å²) in [5.74, 6) is 5.62. The molecule has 72 valence electrons. The zero-order chi connectivity index (χ0) is 10.2. The molecule has 1 N–H and O–H groups in total. The van der Waals surface area contributed by atoms with E-state index in [9.17, 15) is 4.79 Å². The summed E-state index contributed by atoms with van der Waals surface area (Å²) in [6.07, 6.45) is 1.07. The third-order valence-electron chi connectivity index (χ3n) is 1.71. The normalized spacial score (nSPS) is 8.64. The predicted octanol–water partition coefficient (Wildman–Crippen LogP) is 2.43. The summed E-state index contributed by atoms with van der Waals surface area (Å²) in [6, 6.07) is 9.42. The highest BCUT2D eigenvalue weighted by atomic mass is 16.1. The molecule has 0 aliphatic rings. The predicted molar refractivity (Wildman–Crippen MR) is 57.8 cm³/mol. The smallest absolute Gasteiger partial charge is 0.225 e. The quantitative estimate of drug-likeness (QED) is 0.723.